The van der Waals surface area contributed by atoms with E-state index in [1.54, 1.807) is 0 Å². The van der Waals surface area contributed by atoms with E-state index < -0.39 is 24.0 Å². The van der Waals surface area contributed by atoms with Crippen LogP contribution in [0.25, 0.3) is 0 Å². The van der Waals surface area contributed by atoms with Crippen molar-refractivity contribution in [2.75, 3.05) is 39.4 Å². The van der Waals surface area contributed by atoms with E-state index in [4.69, 9.17) is 9.47 Å². The highest BCUT2D eigenvalue weighted by Crippen LogP contribution is 2.22. The molecule has 2 aliphatic heterocycles. The molecule has 12 heteroatoms. The van der Waals surface area contributed by atoms with Crippen molar-refractivity contribution in [2.24, 2.45) is 10.8 Å². The molecule has 0 aromatic rings. The molecule has 0 saturated carbocycles. The van der Waals surface area contributed by atoms with Crippen molar-refractivity contribution < 1.29 is 38.2 Å². The predicted molar refractivity (Wildman–Crippen MR) is 155 cm³/mol. The summed E-state index contributed by atoms with van der Waals surface area (Å²) in [7, 11) is 0. The zero-order valence-corrected chi connectivity index (χ0v) is 26.2. The molecule has 0 spiro atoms. The van der Waals surface area contributed by atoms with E-state index in [0.29, 0.717) is 64.7 Å². The number of likely N-dealkylation sites (tertiary alicyclic amines) is 2. The number of hydrogen-bond acceptors (Lipinski definition) is 8. The minimum absolute atomic E-state index is 0.0912. The molecule has 238 valence electrons. The van der Waals surface area contributed by atoms with Gasteiger partial charge >= 0.3 is 11.9 Å². The Morgan fingerprint density at radius 2 is 1.00 bits per heavy atom. The van der Waals surface area contributed by atoms with E-state index in [9.17, 15) is 28.8 Å². The molecule has 2 saturated heterocycles. The number of nitrogens with zero attached hydrogens (tertiary/aromatic N) is 2. The van der Waals surface area contributed by atoms with Gasteiger partial charge in [0.2, 0.25) is 11.8 Å². The summed E-state index contributed by atoms with van der Waals surface area (Å²) < 4.78 is 10.4. The second-order valence-corrected chi connectivity index (χ2v) is 13.6. The van der Waals surface area contributed by atoms with Crippen molar-refractivity contribution in [3.05, 3.63) is 0 Å². The summed E-state index contributed by atoms with van der Waals surface area (Å²) in [5, 5.41) is 5.45. The van der Waals surface area contributed by atoms with Crippen LogP contribution in [0, 0.1) is 10.8 Å². The van der Waals surface area contributed by atoms with Crippen LogP contribution in [-0.2, 0) is 38.2 Å². The average Bonchev–Trinajstić information content (AvgIpc) is 3.60. The maximum atomic E-state index is 12.8. The first-order valence-electron chi connectivity index (χ1n) is 15.0. The standard InChI is InChI=1S/C30H50N4O8/c1-29(2,3)19-31-23(35)17-41-27(39)21-11-9-15-33(21)25(37)13-7-8-14-26(38)34-16-10-12-22(34)28(40)42-18-24(36)32-20-30(4,5)6/h21-22H,7-20H2,1-6H3,(H,31,35)(H,32,36). The Balaban J connectivity index is 1.71. The van der Waals surface area contributed by atoms with Gasteiger partial charge in [0.1, 0.15) is 12.1 Å². The molecule has 2 fully saturated rings. The zero-order chi connectivity index (χ0) is 31.5. The average molecular weight is 595 g/mol. The van der Waals surface area contributed by atoms with E-state index in [1.807, 2.05) is 41.5 Å². The summed E-state index contributed by atoms with van der Waals surface area (Å²) in [6, 6.07) is -1.41. The molecular formula is C30H50N4O8. The van der Waals surface area contributed by atoms with Crippen molar-refractivity contribution in [2.45, 2.75) is 105 Å². The molecule has 2 unspecified atom stereocenters. The first-order valence-corrected chi connectivity index (χ1v) is 15.0. The first kappa shape index (κ1) is 35.0. The first-order chi connectivity index (χ1) is 19.6. The zero-order valence-electron chi connectivity index (χ0n) is 26.2. The van der Waals surface area contributed by atoms with Crippen LogP contribution >= 0.6 is 0 Å². The summed E-state index contributed by atoms with van der Waals surface area (Å²) in [4.78, 5) is 77.8. The van der Waals surface area contributed by atoms with Gasteiger partial charge < -0.3 is 29.9 Å². The lowest BCUT2D eigenvalue weighted by atomic mass is 9.97. The number of carbonyl (C=O) groups excluding carboxylic acids is 6. The van der Waals surface area contributed by atoms with Gasteiger partial charge in [-0.25, -0.2) is 9.59 Å². The van der Waals surface area contributed by atoms with Gasteiger partial charge in [-0.05, 0) is 49.4 Å². The number of carbonyl (C=O) groups is 6. The fourth-order valence-electron chi connectivity index (χ4n) is 4.76. The highest BCUT2D eigenvalue weighted by molar-refractivity contribution is 5.88. The monoisotopic (exact) mass is 594 g/mol. The minimum atomic E-state index is -0.707. The van der Waals surface area contributed by atoms with Crippen LogP contribution in [0.15, 0.2) is 0 Å². The Kier molecular flexibility index (Phi) is 13.2. The Hall–Kier alpha value is -3.18. The largest absolute Gasteiger partial charge is 0.454 e. The van der Waals surface area contributed by atoms with E-state index >= 15 is 0 Å². The number of ether oxygens (including phenoxy) is 2. The molecule has 0 radical (unpaired) electrons. The number of amides is 4. The van der Waals surface area contributed by atoms with E-state index in [0.717, 1.165) is 0 Å². The van der Waals surface area contributed by atoms with Crippen LogP contribution in [0.4, 0.5) is 0 Å². The van der Waals surface area contributed by atoms with Gasteiger partial charge in [0.05, 0.1) is 0 Å². The molecule has 0 aromatic carbocycles. The van der Waals surface area contributed by atoms with Crippen LogP contribution in [-0.4, -0.2) is 96.8 Å². The summed E-state index contributed by atoms with van der Waals surface area (Å²) in [5.74, 6) is -2.30. The lowest BCUT2D eigenvalue weighted by Gasteiger charge is -2.24. The van der Waals surface area contributed by atoms with Crippen LogP contribution in [0.2, 0.25) is 0 Å². The fourth-order valence-corrected chi connectivity index (χ4v) is 4.76. The number of unbranched alkanes of at least 4 members (excludes halogenated alkanes) is 1. The quantitative estimate of drug-likeness (QED) is 0.243. The molecule has 4 amide bonds. The molecule has 42 heavy (non-hydrogen) atoms. The Morgan fingerprint density at radius 1 is 0.643 bits per heavy atom. The SMILES string of the molecule is CC(C)(C)CNC(=O)COC(=O)C1CCCN1C(=O)CCCCC(=O)N1CCCC1C(=O)OCC(=O)NCC(C)(C)C. The van der Waals surface area contributed by atoms with Crippen molar-refractivity contribution in [1.82, 2.24) is 20.4 Å². The van der Waals surface area contributed by atoms with Crippen molar-refractivity contribution in [1.29, 1.82) is 0 Å². The van der Waals surface area contributed by atoms with Crippen molar-refractivity contribution >= 4 is 35.6 Å². The highest BCUT2D eigenvalue weighted by atomic mass is 16.5. The van der Waals surface area contributed by atoms with Crippen LogP contribution in [0.5, 0.6) is 0 Å². The second-order valence-electron chi connectivity index (χ2n) is 13.6. The summed E-state index contributed by atoms with van der Waals surface area (Å²) in [6.07, 6.45) is 3.57. The molecule has 12 nitrogen and oxygen atoms in total. The number of rotatable bonds is 13. The van der Waals surface area contributed by atoms with E-state index in [2.05, 4.69) is 10.6 Å². The highest BCUT2D eigenvalue weighted by Gasteiger charge is 2.36. The van der Waals surface area contributed by atoms with Gasteiger partial charge in [0.25, 0.3) is 11.8 Å². The predicted octanol–water partition coefficient (Wildman–Crippen LogP) is 1.94. The van der Waals surface area contributed by atoms with Crippen LogP contribution < -0.4 is 10.6 Å². The van der Waals surface area contributed by atoms with Crippen LogP contribution in [0.1, 0.15) is 92.9 Å². The molecule has 0 aromatic heterocycles. The molecule has 2 heterocycles. The van der Waals surface area contributed by atoms with Gasteiger partial charge in [-0.15, -0.1) is 0 Å². The van der Waals surface area contributed by atoms with E-state index in [1.165, 1.54) is 9.80 Å². The third kappa shape index (κ3) is 12.4. The molecule has 2 atom stereocenters. The fraction of sp³-hybridized carbons (Fsp3) is 0.800. The topological polar surface area (TPSA) is 151 Å². The lowest BCUT2D eigenvalue weighted by molar-refractivity contribution is -0.156. The van der Waals surface area contributed by atoms with Gasteiger partial charge in [-0.2, -0.15) is 0 Å². The Labute approximate surface area is 249 Å². The maximum Gasteiger partial charge on any atom is 0.329 e. The number of esters is 2. The molecule has 0 aliphatic carbocycles. The maximum absolute atomic E-state index is 12.8. The van der Waals surface area contributed by atoms with Crippen LogP contribution in [0.3, 0.4) is 0 Å². The number of nitrogens with one attached hydrogen (secondary N) is 2. The summed E-state index contributed by atoms with van der Waals surface area (Å²) >= 11 is 0. The lowest BCUT2D eigenvalue weighted by Crippen LogP contribution is -2.43. The molecule has 2 rings (SSSR count). The van der Waals surface area contributed by atoms with Gasteiger partial charge in [0, 0.05) is 39.0 Å². The van der Waals surface area contributed by atoms with Crippen molar-refractivity contribution in [3.63, 3.8) is 0 Å². The second kappa shape index (κ2) is 15.9. The number of hydrogen-bond donors (Lipinski definition) is 2. The minimum Gasteiger partial charge on any atom is -0.454 e. The van der Waals surface area contributed by atoms with Gasteiger partial charge in [0.15, 0.2) is 13.2 Å². The van der Waals surface area contributed by atoms with Crippen molar-refractivity contribution in [3.8, 4) is 0 Å². The third-order valence-corrected chi connectivity index (χ3v) is 7.04. The smallest absolute Gasteiger partial charge is 0.329 e. The molecule has 2 aliphatic rings. The molecular weight excluding hydrogens is 544 g/mol. The third-order valence-electron chi connectivity index (χ3n) is 7.04. The normalized spacial score (nSPS) is 18.9. The summed E-state index contributed by atoms with van der Waals surface area (Å²) in [5.41, 5.74) is -0.182. The Bertz CT molecular complexity index is 907. The Morgan fingerprint density at radius 3 is 1.33 bits per heavy atom. The van der Waals surface area contributed by atoms with E-state index in [-0.39, 0.29) is 60.5 Å². The van der Waals surface area contributed by atoms with Gasteiger partial charge in [-0.3, -0.25) is 19.2 Å². The summed E-state index contributed by atoms with van der Waals surface area (Å²) in [6.45, 7) is 12.9. The van der Waals surface area contributed by atoms with Gasteiger partial charge in [-0.1, -0.05) is 41.5 Å². The molecule has 2 N–H and O–H groups in total. The molecule has 0 bridgehead atoms.